The lowest BCUT2D eigenvalue weighted by Crippen LogP contribution is -2.28. The van der Waals surface area contributed by atoms with Gasteiger partial charge in [0.05, 0.1) is 6.54 Å². The Kier molecular flexibility index (Phi) is 6.43. The molecule has 0 fully saturated rings. The smallest absolute Gasteiger partial charge is 0.246 e. The lowest BCUT2D eigenvalue weighted by molar-refractivity contribution is -0.131. The molecule has 4 rings (SSSR count). The van der Waals surface area contributed by atoms with E-state index in [0.717, 1.165) is 16.7 Å². The third-order valence-electron chi connectivity index (χ3n) is 5.15. The molecule has 0 radical (unpaired) electrons. The summed E-state index contributed by atoms with van der Waals surface area (Å²) in [6, 6.07) is 27.4. The quantitative estimate of drug-likeness (QED) is 0.383. The Morgan fingerprint density at radius 2 is 1.52 bits per heavy atom. The van der Waals surface area contributed by atoms with Crippen LogP contribution in [0.5, 0.6) is 0 Å². The average Bonchev–Trinajstić information content (AvgIpc) is 3.27. The van der Waals surface area contributed by atoms with E-state index in [2.05, 4.69) is 34.4 Å². The first-order valence-corrected chi connectivity index (χ1v) is 10.4. The van der Waals surface area contributed by atoms with Crippen LogP contribution in [0, 0.1) is 0 Å². The summed E-state index contributed by atoms with van der Waals surface area (Å²) in [5.41, 5.74) is 3.03. The molecule has 0 unspecified atom stereocenters. The predicted molar refractivity (Wildman–Crippen MR) is 121 cm³/mol. The summed E-state index contributed by atoms with van der Waals surface area (Å²) in [5, 5.41) is 4.66. The van der Waals surface area contributed by atoms with Crippen molar-refractivity contribution in [1.82, 2.24) is 15.0 Å². The van der Waals surface area contributed by atoms with Crippen LogP contribution in [-0.4, -0.2) is 28.0 Å². The summed E-state index contributed by atoms with van der Waals surface area (Å²) in [6.45, 7) is 0.246. The molecule has 0 spiro atoms. The second-order valence-electron chi connectivity index (χ2n) is 7.35. The van der Waals surface area contributed by atoms with Gasteiger partial charge in [-0.1, -0.05) is 77.4 Å². The standard InChI is InChI=1S/C25H22ClN3O2/c1-29(17-23-27-25(28-31-23)20-12-14-21(26)15-13-20)24(30)16-22(18-8-4-2-5-9-18)19-10-6-3-7-11-19/h2-15,22H,16-17H2,1H3. The van der Waals surface area contributed by atoms with Gasteiger partial charge in [0.25, 0.3) is 0 Å². The number of hydrogen-bond acceptors (Lipinski definition) is 4. The van der Waals surface area contributed by atoms with E-state index in [1.54, 1.807) is 24.1 Å². The summed E-state index contributed by atoms with van der Waals surface area (Å²) < 4.78 is 5.36. The molecule has 3 aromatic carbocycles. The SMILES string of the molecule is CN(Cc1nc(-c2ccc(Cl)cc2)no1)C(=O)CC(c1ccccc1)c1ccccc1. The maximum absolute atomic E-state index is 13.0. The van der Waals surface area contributed by atoms with E-state index in [1.807, 2.05) is 48.5 Å². The van der Waals surface area contributed by atoms with Crippen molar-refractivity contribution < 1.29 is 9.32 Å². The van der Waals surface area contributed by atoms with Gasteiger partial charge in [-0.25, -0.2) is 0 Å². The number of amides is 1. The van der Waals surface area contributed by atoms with Crippen molar-refractivity contribution in [3.05, 3.63) is 107 Å². The van der Waals surface area contributed by atoms with Crippen LogP contribution in [0.15, 0.2) is 89.5 Å². The third kappa shape index (κ3) is 5.19. The minimum absolute atomic E-state index is 0.00366. The molecule has 0 N–H and O–H groups in total. The summed E-state index contributed by atoms with van der Waals surface area (Å²) >= 11 is 5.93. The Bertz CT molecular complexity index is 1090. The molecule has 6 heteroatoms. The van der Waals surface area contributed by atoms with Gasteiger partial charge in [0, 0.05) is 30.0 Å². The van der Waals surface area contributed by atoms with E-state index in [4.69, 9.17) is 16.1 Å². The first-order chi connectivity index (χ1) is 15.1. The van der Waals surface area contributed by atoms with Crippen molar-refractivity contribution in [2.24, 2.45) is 0 Å². The van der Waals surface area contributed by atoms with Crippen LogP contribution in [0.25, 0.3) is 11.4 Å². The van der Waals surface area contributed by atoms with Crippen molar-refractivity contribution in [2.45, 2.75) is 18.9 Å². The first-order valence-electron chi connectivity index (χ1n) is 10.0. The number of benzene rings is 3. The molecule has 0 aliphatic heterocycles. The molecule has 1 amide bonds. The fourth-order valence-corrected chi connectivity index (χ4v) is 3.58. The van der Waals surface area contributed by atoms with E-state index in [0.29, 0.717) is 23.2 Å². The number of carbonyl (C=O) groups is 1. The highest BCUT2D eigenvalue weighted by molar-refractivity contribution is 6.30. The molecule has 1 heterocycles. The lowest BCUT2D eigenvalue weighted by Gasteiger charge is -2.21. The second-order valence-corrected chi connectivity index (χ2v) is 7.78. The van der Waals surface area contributed by atoms with E-state index >= 15 is 0 Å². The fourth-order valence-electron chi connectivity index (χ4n) is 3.46. The molecule has 0 aliphatic carbocycles. The molecule has 0 saturated heterocycles. The maximum atomic E-state index is 13.0. The maximum Gasteiger partial charge on any atom is 0.246 e. The summed E-state index contributed by atoms with van der Waals surface area (Å²) in [7, 11) is 1.75. The largest absolute Gasteiger partial charge is 0.337 e. The predicted octanol–water partition coefficient (Wildman–Crippen LogP) is 5.57. The summed E-state index contributed by atoms with van der Waals surface area (Å²) in [4.78, 5) is 19.1. The molecule has 0 saturated carbocycles. The van der Waals surface area contributed by atoms with E-state index in [-0.39, 0.29) is 18.4 Å². The zero-order valence-electron chi connectivity index (χ0n) is 17.1. The molecule has 156 valence electrons. The molecule has 0 bridgehead atoms. The number of aromatic nitrogens is 2. The lowest BCUT2D eigenvalue weighted by atomic mass is 9.88. The van der Waals surface area contributed by atoms with Gasteiger partial charge in [0.2, 0.25) is 17.6 Å². The van der Waals surface area contributed by atoms with Crippen LogP contribution < -0.4 is 0 Å². The van der Waals surface area contributed by atoms with Gasteiger partial charge in [0.15, 0.2) is 0 Å². The van der Waals surface area contributed by atoms with Crippen LogP contribution in [-0.2, 0) is 11.3 Å². The van der Waals surface area contributed by atoms with Gasteiger partial charge >= 0.3 is 0 Å². The topological polar surface area (TPSA) is 59.2 Å². The third-order valence-corrected chi connectivity index (χ3v) is 5.40. The van der Waals surface area contributed by atoms with Gasteiger partial charge < -0.3 is 9.42 Å². The molecular formula is C25H22ClN3O2. The van der Waals surface area contributed by atoms with Gasteiger partial charge in [-0.15, -0.1) is 0 Å². The van der Waals surface area contributed by atoms with Gasteiger partial charge in [0.1, 0.15) is 0 Å². The molecule has 31 heavy (non-hydrogen) atoms. The van der Waals surface area contributed by atoms with E-state index in [9.17, 15) is 4.79 Å². The number of carbonyl (C=O) groups excluding carboxylic acids is 1. The Morgan fingerprint density at radius 1 is 0.935 bits per heavy atom. The van der Waals surface area contributed by atoms with Crippen LogP contribution >= 0.6 is 11.6 Å². The number of halogens is 1. The van der Waals surface area contributed by atoms with Crippen molar-refractivity contribution in [3.8, 4) is 11.4 Å². The summed E-state index contributed by atoms with van der Waals surface area (Å²) in [5.74, 6) is 0.837. The van der Waals surface area contributed by atoms with Crippen LogP contribution in [0.2, 0.25) is 5.02 Å². The Hall–Kier alpha value is -3.44. The van der Waals surface area contributed by atoms with Gasteiger partial charge in [-0.2, -0.15) is 4.98 Å². The molecular weight excluding hydrogens is 410 g/mol. The van der Waals surface area contributed by atoms with Crippen molar-refractivity contribution in [3.63, 3.8) is 0 Å². The van der Waals surface area contributed by atoms with Gasteiger partial charge in [-0.3, -0.25) is 4.79 Å². The highest BCUT2D eigenvalue weighted by Gasteiger charge is 2.22. The normalized spacial score (nSPS) is 10.9. The molecule has 5 nitrogen and oxygen atoms in total. The average molecular weight is 432 g/mol. The molecule has 4 aromatic rings. The Balaban J connectivity index is 1.46. The molecule has 0 atom stereocenters. The van der Waals surface area contributed by atoms with Gasteiger partial charge in [-0.05, 0) is 35.4 Å². The Labute approximate surface area is 186 Å². The van der Waals surface area contributed by atoms with E-state index < -0.39 is 0 Å². The highest BCUT2D eigenvalue weighted by atomic mass is 35.5. The second kappa shape index (κ2) is 9.58. The van der Waals surface area contributed by atoms with Crippen molar-refractivity contribution in [1.29, 1.82) is 0 Å². The fraction of sp³-hybridized carbons (Fsp3) is 0.160. The van der Waals surface area contributed by atoms with Crippen molar-refractivity contribution in [2.75, 3.05) is 7.05 Å². The number of rotatable bonds is 7. The van der Waals surface area contributed by atoms with Crippen LogP contribution in [0.4, 0.5) is 0 Å². The van der Waals surface area contributed by atoms with E-state index in [1.165, 1.54) is 0 Å². The zero-order valence-corrected chi connectivity index (χ0v) is 17.9. The monoisotopic (exact) mass is 431 g/mol. The highest BCUT2D eigenvalue weighted by Crippen LogP contribution is 2.28. The Morgan fingerprint density at radius 3 is 2.10 bits per heavy atom. The minimum atomic E-state index is -0.0235. The van der Waals surface area contributed by atoms with Crippen molar-refractivity contribution >= 4 is 17.5 Å². The van der Waals surface area contributed by atoms with Crippen LogP contribution in [0.3, 0.4) is 0 Å². The number of nitrogens with zero attached hydrogens (tertiary/aromatic N) is 3. The minimum Gasteiger partial charge on any atom is -0.337 e. The first kappa shape index (κ1) is 20.8. The van der Waals surface area contributed by atoms with Crippen LogP contribution in [0.1, 0.15) is 29.4 Å². The zero-order chi connectivity index (χ0) is 21.6. The summed E-state index contributed by atoms with van der Waals surface area (Å²) in [6.07, 6.45) is 0.350. The number of hydrogen-bond donors (Lipinski definition) is 0. The molecule has 0 aliphatic rings. The molecule has 1 aromatic heterocycles.